The van der Waals surface area contributed by atoms with Crippen LogP contribution in [-0.2, 0) is 0 Å². The summed E-state index contributed by atoms with van der Waals surface area (Å²) >= 11 is 3.65. The quantitative estimate of drug-likeness (QED) is 0.833. The Morgan fingerprint density at radius 2 is 1.78 bits per heavy atom. The van der Waals surface area contributed by atoms with Crippen molar-refractivity contribution in [1.29, 1.82) is 0 Å². The summed E-state index contributed by atoms with van der Waals surface area (Å²) in [7, 11) is 2.09. The van der Waals surface area contributed by atoms with E-state index in [0.717, 1.165) is 5.92 Å². The summed E-state index contributed by atoms with van der Waals surface area (Å²) in [5, 5.41) is 3.50. The Labute approximate surface area is 119 Å². The first kappa shape index (κ1) is 14.1. The van der Waals surface area contributed by atoms with E-state index >= 15 is 0 Å². The van der Waals surface area contributed by atoms with E-state index in [9.17, 15) is 0 Å². The molecule has 100 valence electrons. The van der Waals surface area contributed by atoms with E-state index in [-0.39, 0.29) is 0 Å². The highest BCUT2D eigenvalue weighted by atomic mass is 79.9. The number of rotatable bonds is 4. The number of hydrogen-bond donors (Lipinski definition) is 1. The summed E-state index contributed by atoms with van der Waals surface area (Å²) in [5.74, 6) is 0.923. The molecule has 0 aromatic heterocycles. The van der Waals surface area contributed by atoms with E-state index in [1.807, 2.05) is 0 Å². The van der Waals surface area contributed by atoms with Gasteiger partial charge in [0.15, 0.2) is 0 Å². The minimum atomic E-state index is 0.513. The minimum Gasteiger partial charge on any atom is -0.313 e. The van der Waals surface area contributed by atoms with Gasteiger partial charge in [0.05, 0.1) is 0 Å². The predicted octanol–water partition coefficient (Wildman–Crippen LogP) is 4.91. The van der Waals surface area contributed by atoms with Gasteiger partial charge in [0.1, 0.15) is 0 Å². The van der Waals surface area contributed by atoms with Gasteiger partial charge in [0.2, 0.25) is 0 Å². The molecule has 1 saturated carbocycles. The van der Waals surface area contributed by atoms with Crippen molar-refractivity contribution in [3.63, 3.8) is 0 Å². The highest BCUT2D eigenvalue weighted by Crippen LogP contribution is 2.34. The molecular weight excluding hydrogens is 286 g/mol. The van der Waals surface area contributed by atoms with Crippen molar-refractivity contribution in [3.8, 4) is 0 Å². The molecule has 1 atom stereocenters. The number of hydrogen-bond acceptors (Lipinski definition) is 1. The Kier molecular flexibility index (Phi) is 4.85. The zero-order valence-corrected chi connectivity index (χ0v) is 13.3. The Bertz CT molecular complexity index is 385. The molecule has 1 aromatic carbocycles. The average Bonchev–Trinajstić information content (AvgIpc) is 2.85. The van der Waals surface area contributed by atoms with Crippen molar-refractivity contribution in [3.05, 3.63) is 33.3 Å². The second kappa shape index (κ2) is 6.21. The van der Waals surface area contributed by atoms with Crippen LogP contribution < -0.4 is 5.32 Å². The van der Waals surface area contributed by atoms with Gasteiger partial charge < -0.3 is 5.32 Å². The molecule has 0 bridgehead atoms. The molecule has 0 radical (unpaired) electrons. The first-order chi connectivity index (χ1) is 8.61. The van der Waals surface area contributed by atoms with E-state index < -0.39 is 0 Å². The van der Waals surface area contributed by atoms with Gasteiger partial charge in [-0.1, -0.05) is 53.7 Å². The van der Waals surface area contributed by atoms with Crippen LogP contribution in [0.4, 0.5) is 0 Å². The molecule has 1 N–H and O–H groups in total. The normalized spacial score (nSPS) is 18.2. The number of halogens is 1. The van der Waals surface area contributed by atoms with Gasteiger partial charge in [-0.2, -0.15) is 0 Å². The summed E-state index contributed by atoms with van der Waals surface area (Å²) in [5.41, 5.74) is 4.14. The van der Waals surface area contributed by atoms with Crippen LogP contribution in [-0.4, -0.2) is 7.05 Å². The lowest BCUT2D eigenvalue weighted by atomic mass is 9.92. The van der Waals surface area contributed by atoms with Crippen molar-refractivity contribution in [2.45, 2.75) is 52.0 Å². The maximum absolute atomic E-state index is 3.65. The third-order valence-electron chi connectivity index (χ3n) is 4.25. The lowest BCUT2D eigenvalue weighted by molar-refractivity contribution is 0.413. The van der Waals surface area contributed by atoms with Crippen molar-refractivity contribution in [2.24, 2.45) is 5.92 Å². The summed E-state index contributed by atoms with van der Waals surface area (Å²) < 4.78 is 1.25. The molecular formula is C16H24BrN. The zero-order valence-electron chi connectivity index (χ0n) is 11.7. The molecule has 2 rings (SSSR count). The monoisotopic (exact) mass is 309 g/mol. The summed E-state index contributed by atoms with van der Waals surface area (Å²) in [6, 6.07) is 5.17. The van der Waals surface area contributed by atoms with E-state index in [4.69, 9.17) is 0 Å². The fraction of sp³-hybridized carbons (Fsp3) is 0.625. The summed E-state index contributed by atoms with van der Waals surface area (Å²) in [6.07, 6.45) is 7.00. The van der Waals surface area contributed by atoms with Gasteiger partial charge in [0.25, 0.3) is 0 Å². The third kappa shape index (κ3) is 3.16. The molecule has 1 aliphatic carbocycles. The van der Waals surface area contributed by atoms with Crippen molar-refractivity contribution >= 4 is 15.9 Å². The topological polar surface area (TPSA) is 12.0 Å². The second-order valence-electron chi connectivity index (χ2n) is 5.70. The summed E-state index contributed by atoms with van der Waals surface area (Å²) in [6.45, 7) is 4.37. The van der Waals surface area contributed by atoms with E-state index in [0.29, 0.717) is 6.04 Å². The zero-order chi connectivity index (χ0) is 13.1. The standard InChI is InChI=1S/C16H24BrN/c1-11-8-14(9-12(2)16(11)17)15(18-3)10-13-6-4-5-7-13/h8-9,13,15,18H,4-7,10H2,1-3H3. The first-order valence-electron chi connectivity index (χ1n) is 7.05. The molecule has 1 aliphatic rings. The Morgan fingerprint density at radius 1 is 1.22 bits per heavy atom. The fourth-order valence-electron chi connectivity index (χ4n) is 3.18. The molecule has 0 spiro atoms. The highest BCUT2D eigenvalue weighted by molar-refractivity contribution is 9.10. The van der Waals surface area contributed by atoms with Crippen molar-refractivity contribution < 1.29 is 0 Å². The second-order valence-corrected chi connectivity index (χ2v) is 6.49. The van der Waals surface area contributed by atoms with Gasteiger partial charge >= 0.3 is 0 Å². The third-order valence-corrected chi connectivity index (χ3v) is 5.50. The molecule has 1 fully saturated rings. The van der Waals surface area contributed by atoms with Gasteiger partial charge in [-0.3, -0.25) is 0 Å². The van der Waals surface area contributed by atoms with E-state index in [1.54, 1.807) is 0 Å². The molecule has 2 heteroatoms. The Balaban J connectivity index is 2.16. The van der Waals surface area contributed by atoms with Crippen LogP contribution in [0, 0.1) is 19.8 Å². The minimum absolute atomic E-state index is 0.513. The lowest BCUT2D eigenvalue weighted by Gasteiger charge is -2.22. The first-order valence-corrected chi connectivity index (χ1v) is 7.85. The van der Waals surface area contributed by atoms with Gasteiger partial charge in [0, 0.05) is 10.5 Å². The maximum Gasteiger partial charge on any atom is 0.0320 e. The van der Waals surface area contributed by atoms with Gasteiger partial charge in [-0.15, -0.1) is 0 Å². The molecule has 0 heterocycles. The Morgan fingerprint density at radius 3 is 2.28 bits per heavy atom. The van der Waals surface area contributed by atoms with Gasteiger partial charge in [-0.05, 0) is 49.9 Å². The number of nitrogens with one attached hydrogen (secondary N) is 1. The fourth-order valence-corrected chi connectivity index (χ4v) is 3.41. The summed E-state index contributed by atoms with van der Waals surface area (Å²) in [4.78, 5) is 0. The molecule has 18 heavy (non-hydrogen) atoms. The number of benzene rings is 1. The van der Waals surface area contributed by atoms with Crippen LogP contribution in [0.15, 0.2) is 16.6 Å². The highest BCUT2D eigenvalue weighted by Gasteiger charge is 2.20. The maximum atomic E-state index is 3.65. The molecule has 0 amide bonds. The van der Waals surface area contributed by atoms with Crippen molar-refractivity contribution in [1.82, 2.24) is 5.32 Å². The van der Waals surface area contributed by atoms with Crippen LogP contribution in [0.1, 0.15) is 54.8 Å². The molecule has 0 saturated heterocycles. The predicted molar refractivity (Wildman–Crippen MR) is 82.0 cm³/mol. The molecule has 0 aliphatic heterocycles. The Hall–Kier alpha value is -0.340. The smallest absolute Gasteiger partial charge is 0.0320 e. The molecule has 1 nitrogen and oxygen atoms in total. The number of aryl methyl sites for hydroxylation is 2. The SMILES string of the molecule is CNC(CC1CCCC1)c1cc(C)c(Br)c(C)c1. The van der Waals surface area contributed by atoms with Crippen LogP contribution in [0.3, 0.4) is 0 Å². The molecule has 1 unspecified atom stereocenters. The molecule has 1 aromatic rings. The lowest BCUT2D eigenvalue weighted by Crippen LogP contribution is -2.19. The van der Waals surface area contributed by atoms with Crippen LogP contribution in [0.2, 0.25) is 0 Å². The van der Waals surface area contributed by atoms with Crippen molar-refractivity contribution in [2.75, 3.05) is 7.05 Å². The van der Waals surface area contributed by atoms with Crippen LogP contribution >= 0.6 is 15.9 Å². The van der Waals surface area contributed by atoms with E-state index in [2.05, 4.69) is 54.3 Å². The average molecular weight is 310 g/mol. The largest absolute Gasteiger partial charge is 0.313 e. The van der Waals surface area contributed by atoms with Gasteiger partial charge in [-0.25, -0.2) is 0 Å². The van der Waals surface area contributed by atoms with Crippen LogP contribution in [0.25, 0.3) is 0 Å². The van der Waals surface area contributed by atoms with E-state index in [1.165, 1.54) is 53.3 Å². The van der Waals surface area contributed by atoms with Crippen LogP contribution in [0.5, 0.6) is 0 Å².